The minimum atomic E-state index is -3.06. The highest BCUT2D eigenvalue weighted by molar-refractivity contribution is 7.89. The smallest absolute Gasteiger partial charge is 0.214 e. The van der Waals surface area contributed by atoms with Crippen LogP contribution in [0.3, 0.4) is 0 Å². The first kappa shape index (κ1) is 14.2. The van der Waals surface area contributed by atoms with Crippen LogP contribution in [0.4, 0.5) is 0 Å². The SMILES string of the molecule is CNCCCS(=O)(=O)N1CCC2CCC(C1)N2C. The molecule has 2 bridgehead atoms. The molecular weight excluding hydrogens is 250 g/mol. The van der Waals surface area contributed by atoms with Gasteiger partial charge in [0, 0.05) is 25.2 Å². The van der Waals surface area contributed by atoms with E-state index in [9.17, 15) is 8.42 Å². The molecular formula is C12H25N3O2S. The number of rotatable bonds is 5. The number of sulfonamides is 1. The van der Waals surface area contributed by atoms with Gasteiger partial charge < -0.3 is 5.32 Å². The van der Waals surface area contributed by atoms with Gasteiger partial charge in [-0.15, -0.1) is 0 Å². The number of nitrogens with zero attached hydrogens (tertiary/aromatic N) is 2. The lowest BCUT2D eigenvalue weighted by Crippen LogP contribution is -2.40. The molecule has 0 aromatic carbocycles. The van der Waals surface area contributed by atoms with E-state index in [4.69, 9.17) is 0 Å². The van der Waals surface area contributed by atoms with E-state index in [2.05, 4.69) is 17.3 Å². The summed E-state index contributed by atoms with van der Waals surface area (Å²) in [6.07, 6.45) is 4.05. The molecule has 2 rings (SSSR count). The lowest BCUT2D eigenvalue weighted by molar-refractivity contribution is 0.246. The van der Waals surface area contributed by atoms with Gasteiger partial charge in [0.25, 0.3) is 0 Å². The molecule has 2 fully saturated rings. The highest BCUT2D eigenvalue weighted by atomic mass is 32.2. The van der Waals surface area contributed by atoms with Crippen molar-refractivity contribution in [3.05, 3.63) is 0 Å². The van der Waals surface area contributed by atoms with Crippen LogP contribution in [0, 0.1) is 0 Å². The Hall–Kier alpha value is -0.170. The van der Waals surface area contributed by atoms with Crippen LogP contribution in [0.15, 0.2) is 0 Å². The van der Waals surface area contributed by atoms with Crippen LogP contribution in [-0.4, -0.2) is 69.2 Å². The molecule has 0 aromatic heterocycles. The minimum Gasteiger partial charge on any atom is -0.320 e. The van der Waals surface area contributed by atoms with Crippen LogP contribution in [-0.2, 0) is 10.0 Å². The van der Waals surface area contributed by atoms with Crippen LogP contribution in [0.25, 0.3) is 0 Å². The predicted octanol–water partition coefficient (Wildman–Crippen LogP) is 0.0942. The summed E-state index contributed by atoms with van der Waals surface area (Å²) in [6.45, 7) is 2.15. The molecule has 2 aliphatic heterocycles. The van der Waals surface area contributed by atoms with E-state index in [1.807, 2.05) is 7.05 Å². The van der Waals surface area contributed by atoms with Crippen LogP contribution in [0.5, 0.6) is 0 Å². The Balaban J connectivity index is 1.96. The van der Waals surface area contributed by atoms with Gasteiger partial charge in [0.2, 0.25) is 10.0 Å². The van der Waals surface area contributed by atoms with Gasteiger partial charge in [-0.25, -0.2) is 12.7 Å². The Kier molecular flexibility index (Phi) is 4.64. The van der Waals surface area contributed by atoms with Crippen LogP contribution >= 0.6 is 0 Å². The molecule has 1 N–H and O–H groups in total. The maximum atomic E-state index is 12.3. The van der Waals surface area contributed by atoms with Gasteiger partial charge in [-0.2, -0.15) is 0 Å². The maximum absolute atomic E-state index is 12.3. The molecule has 5 nitrogen and oxygen atoms in total. The lowest BCUT2D eigenvalue weighted by Gasteiger charge is -2.25. The Morgan fingerprint density at radius 1 is 1.22 bits per heavy atom. The van der Waals surface area contributed by atoms with Gasteiger partial charge in [0.15, 0.2) is 0 Å². The predicted molar refractivity (Wildman–Crippen MR) is 73.1 cm³/mol. The molecule has 2 saturated heterocycles. The zero-order valence-corrected chi connectivity index (χ0v) is 12.2. The Labute approximate surface area is 111 Å². The monoisotopic (exact) mass is 275 g/mol. The summed E-state index contributed by atoms with van der Waals surface area (Å²) >= 11 is 0. The van der Waals surface area contributed by atoms with Crippen molar-refractivity contribution in [2.24, 2.45) is 0 Å². The summed E-state index contributed by atoms with van der Waals surface area (Å²) in [5, 5.41) is 3.00. The fraction of sp³-hybridized carbons (Fsp3) is 1.00. The molecule has 0 aromatic rings. The second-order valence-electron chi connectivity index (χ2n) is 5.47. The summed E-state index contributed by atoms with van der Waals surface area (Å²) in [7, 11) is 0.934. The topological polar surface area (TPSA) is 52.7 Å². The number of nitrogens with one attached hydrogen (secondary N) is 1. The third-order valence-corrected chi connectivity index (χ3v) is 6.26. The van der Waals surface area contributed by atoms with Crippen molar-refractivity contribution in [1.82, 2.24) is 14.5 Å². The summed E-state index contributed by atoms with van der Waals surface area (Å²) in [5.41, 5.74) is 0. The lowest BCUT2D eigenvalue weighted by atomic mass is 10.1. The molecule has 106 valence electrons. The van der Waals surface area contributed by atoms with Crippen LogP contribution in [0.1, 0.15) is 25.7 Å². The van der Waals surface area contributed by atoms with E-state index in [0.29, 0.717) is 31.6 Å². The molecule has 0 radical (unpaired) electrons. The van der Waals surface area contributed by atoms with Gasteiger partial charge in [0.05, 0.1) is 5.75 Å². The first-order valence-electron chi connectivity index (χ1n) is 6.89. The average Bonchev–Trinajstić information content (AvgIpc) is 2.52. The molecule has 2 atom stereocenters. The summed E-state index contributed by atoms with van der Waals surface area (Å²) in [4.78, 5) is 2.38. The fourth-order valence-electron chi connectivity index (χ4n) is 3.09. The van der Waals surface area contributed by atoms with E-state index in [0.717, 1.165) is 19.4 Å². The van der Waals surface area contributed by atoms with Gasteiger partial charge >= 0.3 is 0 Å². The first-order chi connectivity index (χ1) is 8.54. The normalized spacial score (nSPS) is 30.6. The molecule has 2 unspecified atom stereocenters. The molecule has 6 heteroatoms. The average molecular weight is 275 g/mol. The van der Waals surface area contributed by atoms with Crippen molar-refractivity contribution in [3.63, 3.8) is 0 Å². The Morgan fingerprint density at radius 2 is 1.94 bits per heavy atom. The molecule has 0 aliphatic carbocycles. The van der Waals surface area contributed by atoms with Gasteiger partial charge in [0.1, 0.15) is 0 Å². The highest BCUT2D eigenvalue weighted by Gasteiger charge is 2.37. The Morgan fingerprint density at radius 3 is 2.67 bits per heavy atom. The van der Waals surface area contributed by atoms with Crippen molar-refractivity contribution in [2.75, 3.05) is 39.5 Å². The fourth-order valence-corrected chi connectivity index (χ4v) is 4.64. The van der Waals surface area contributed by atoms with E-state index >= 15 is 0 Å². The van der Waals surface area contributed by atoms with Crippen LogP contribution in [0.2, 0.25) is 0 Å². The number of fused-ring (bicyclic) bond motifs is 2. The van der Waals surface area contributed by atoms with E-state index in [1.165, 1.54) is 6.42 Å². The number of hydrogen-bond acceptors (Lipinski definition) is 4. The van der Waals surface area contributed by atoms with Gasteiger partial charge in [-0.05, 0) is 46.3 Å². The van der Waals surface area contributed by atoms with E-state index in [-0.39, 0.29) is 5.75 Å². The van der Waals surface area contributed by atoms with Crippen molar-refractivity contribution in [2.45, 2.75) is 37.8 Å². The maximum Gasteiger partial charge on any atom is 0.214 e. The molecule has 0 spiro atoms. The van der Waals surface area contributed by atoms with E-state index in [1.54, 1.807) is 4.31 Å². The second kappa shape index (κ2) is 5.86. The van der Waals surface area contributed by atoms with Crippen molar-refractivity contribution in [3.8, 4) is 0 Å². The second-order valence-corrected chi connectivity index (χ2v) is 7.56. The van der Waals surface area contributed by atoms with Gasteiger partial charge in [-0.1, -0.05) is 0 Å². The number of likely N-dealkylation sites (N-methyl/N-ethyl adjacent to an activating group) is 1. The van der Waals surface area contributed by atoms with Crippen molar-refractivity contribution in [1.29, 1.82) is 0 Å². The molecule has 2 aliphatic rings. The zero-order valence-electron chi connectivity index (χ0n) is 11.4. The van der Waals surface area contributed by atoms with Crippen molar-refractivity contribution >= 4 is 10.0 Å². The Bertz CT molecular complexity index is 372. The first-order valence-corrected chi connectivity index (χ1v) is 8.50. The number of hydrogen-bond donors (Lipinski definition) is 1. The zero-order chi connectivity index (χ0) is 13.2. The molecule has 18 heavy (non-hydrogen) atoms. The largest absolute Gasteiger partial charge is 0.320 e. The summed E-state index contributed by atoms with van der Waals surface area (Å²) < 4.78 is 26.3. The molecule has 0 saturated carbocycles. The van der Waals surface area contributed by atoms with E-state index < -0.39 is 10.0 Å². The molecule has 0 amide bonds. The standard InChI is InChI=1S/C12H25N3O2S/c1-13-7-3-9-18(16,17)15-8-6-11-4-5-12(10-15)14(11)2/h11-13H,3-10H2,1-2H3. The third kappa shape index (κ3) is 3.04. The van der Waals surface area contributed by atoms with Gasteiger partial charge in [-0.3, -0.25) is 4.90 Å². The molecule has 2 heterocycles. The summed E-state index contributed by atoms with van der Waals surface area (Å²) in [5.74, 6) is 0.273. The third-order valence-electron chi connectivity index (χ3n) is 4.33. The summed E-state index contributed by atoms with van der Waals surface area (Å²) in [6, 6.07) is 1.02. The minimum absolute atomic E-state index is 0.273. The van der Waals surface area contributed by atoms with Crippen LogP contribution < -0.4 is 5.32 Å². The quantitative estimate of drug-likeness (QED) is 0.723. The van der Waals surface area contributed by atoms with Crippen molar-refractivity contribution < 1.29 is 8.42 Å². The highest BCUT2D eigenvalue weighted by Crippen LogP contribution is 2.29.